The zero-order chi connectivity index (χ0) is 16.3. The molecule has 1 N–H and O–H groups in total. The summed E-state index contributed by atoms with van der Waals surface area (Å²) in [5.41, 5.74) is 3.97. The highest BCUT2D eigenvalue weighted by Gasteiger charge is 2.10. The van der Waals surface area contributed by atoms with Gasteiger partial charge >= 0.3 is 0 Å². The van der Waals surface area contributed by atoms with Crippen molar-refractivity contribution in [2.24, 2.45) is 5.10 Å². The molecule has 23 heavy (non-hydrogen) atoms. The van der Waals surface area contributed by atoms with Gasteiger partial charge in [0.25, 0.3) is 5.91 Å². The van der Waals surface area contributed by atoms with E-state index in [-0.39, 0.29) is 5.91 Å². The number of carbonyl (C=O) groups excluding carboxylic acids is 1. The fraction of sp³-hybridized carbons (Fsp3) is 0.0526. The van der Waals surface area contributed by atoms with E-state index in [4.69, 9.17) is 4.74 Å². The van der Waals surface area contributed by atoms with E-state index in [1.165, 1.54) is 6.21 Å². The van der Waals surface area contributed by atoms with E-state index in [2.05, 4.69) is 17.1 Å². The maximum absolute atomic E-state index is 12.1. The molecule has 4 nitrogen and oxygen atoms in total. The van der Waals surface area contributed by atoms with E-state index in [0.717, 1.165) is 5.56 Å². The summed E-state index contributed by atoms with van der Waals surface area (Å²) >= 11 is 0. The standard InChI is InChI=1S/C19H18N2O2/c1-2-15-23-18-13-7-6-12-17(18)19(22)21-20-14-8-11-16-9-4-3-5-10-16/h2-14H,1,15H2,(H,21,22)/b11-8+,20-14+. The predicted molar refractivity (Wildman–Crippen MR) is 93.6 cm³/mol. The molecule has 0 unspecified atom stereocenters. The van der Waals surface area contributed by atoms with Gasteiger partial charge in [0, 0.05) is 6.21 Å². The highest BCUT2D eigenvalue weighted by atomic mass is 16.5. The van der Waals surface area contributed by atoms with E-state index >= 15 is 0 Å². The van der Waals surface area contributed by atoms with Crippen LogP contribution in [0.4, 0.5) is 0 Å². The molecule has 0 fully saturated rings. The lowest BCUT2D eigenvalue weighted by Gasteiger charge is -2.08. The first-order valence-corrected chi connectivity index (χ1v) is 7.19. The van der Waals surface area contributed by atoms with Crippen molar-refractivity contribution in [1.29, 1.82) is 0 Å². The van der Waals surface area contributed by atoms with Crippen LogP contribution in [0.5, 0.6) is 5.75 Å². The van der Waals surface area contributed by atoms with Crippen molar-refractivity contribution in [2.75, 3.05) is 6.61 Å². The zero-order valence-corrected chi connectivity index (χ0v) is 12.7. The number of ether oxygens (including phenoxy) is 1. The molecule has 0 radical (unpaired) electrons. The lowest BCUT2D eigenvalue weighted by Crippen LogP contribution is -2.18. The van der Waals surface area contributed by atoms with Gasteiger partial charge in [-0.1, -0.05) is 61.2 Å². The summed E-state index contributed by atoms with van der Waals surface area (Å²) in [6.07, 6.45) is 6.81. The van der Waals surface area contributed by atoms with Crippen LogP contribution in [-0.4, -0.2) is 18.7 Å². The van der Waals surface area contributed by atoms with Crippen LogP contribution >= 0.6 is 0 Å². The van der Waals surface area contributed by atoms with E-state index < -0.39 is 0 Å². The molecule has 0 heterocycles. The first-order chi connectivity index (χ1) is 11.3. The molecular weight excluding hydrogens is 288 g/mol. The van der Waals surface area contributed by atoms with Crippen molar-refractivity contribution in [3.8, 4) is 5.75 Å². The Labute approximate surface area is 135 Å². The van der Waals surface area contributed by atoms with E-state index in [1.807, 2.05) is 36.4 Å². The molecule has 0 spiro atoms. The number of hydrazone groups is 1. The first-order valence-electron chi connectivity index (χ1n) is 7.19. The van der Waals surface area contributed by atoms with Gasteiger partial charge in [-0.25, -0.2) is 5.43 Å². The number of hydrogen-bond acceptors (Lipinski definition) is 3. The number of para-hydroxylation sites is 1. The van der Waals surface area contributed by atoms with Crippen LogP contribution in [0.25, 0.3) is 6.08 Å². The number of amides is 1. The van der Waals surface area contributed by atoms with E-state index in [9.17, 15) is 4.79 Å². The highest BCUT2D eigenvalue weighted by molar-refractivity contribution is 5.97. The molecule has 0 aromatic heterocycles. The second-order valence-corrected chi connectivity index (χ2v) is 4.58. The third kappa shape index (κ3) is 5.28. The Balaban J connectivity index is 1.93. The van der Waals surface area contributed by atoms with Gasteiger partial charge < -0.3 is 4.74 Å². The summed E-state index contributed by atoms with van der Waals surface area (Å²) in [5.74, 6) is 0.175. The summed E-state index contributed by atoms with van der Waals surface area (Å²) in [7, 11) is 0. The molecule has 0 bridgehead atoms. The minimum Gasteiger partial charge on any atom is -0.489 e. The van der Waals surface area contributed by atoms with Crippen LogP contribution in [0.15, 0.2) is 78.4 Å². The van der Waals surface area contributed by atoms with Gasteiger partial charge in [0.05, 0.1) is 5.56 Å². The molecule has 0 aliphatic rings. The molecule has 2 aromatic carbocycles. The number of nitrogens with zero attached hydrogens (tertiary/aromatic N) is 1. The van der Waals surface area contributed by atoms with E-state index in [0.29, 0.717) is 17.9 Å². The Kier molecular flexibility index (Phi) is 6.35. The van der Waals surface area contributed by atoms with E-state index in [1.54, 1.807) is 36.4 Å². The van der Waals surface area contributed by atoms with Crippen LogP contribution in [0.3, 0.4) is 0 Å². The molecule has 2 rings (SSSR count). The van der Waals surface area contributed by atoms with Gasteiger partial charge in [0.15, 0.2) is 0 Å². The molecule has 0 saturated carbocycles. The third-order valence-corrected chi connectivity index (χ3v) is 2.90. The summed E-state index contributed by atoms with van der Waals surface area (Å²) < 4.78 is 5.45. The number of rotatable bonds is 7. The second-order valence-electron chi connectivity index (χ2n) is 4.58. The summed E-state index contributed by atoms with van der Waals surface area (Å²) in [6.45, 7) is 3.93. The fourth-order valence-corrected chi connectivity index (χ4v) is 1.85. The monoisotopic (exact) mass is 306 g/mol. The van der Waals surface area contributed by atoms with Crippen LogP contribution in [0.1, 0.15) is 15.9 Å². The zero-order valence-electron chi connectivity index (χ0n) is 12.7. The van der Waals surface area contributed by atoms with Crippen LogP contribution in [-0.2, 0) is 0 Å². The summed E-state index contributed by atoms with van der Waals surface area (Å²) in [6, 6.07) is 16.8. The maximum Gasteiger partial charge on any atom is 0.275 e. The molecule has 4 heteroatoms. The molecule has 2 aromatic rings. The van der Waals surface area contributed by atoms with Gasteiger partial charge in [-0.05, 0) is 23.8 Å². The van der Waals surface area contributed by atoms with Gasteiger partial charge in [-0.2, -0.15) is 5.10 Å². The lowest BCUT2D eigenvalue weighted by atomic mass is 10.2. The average molecular weight is 306 g/mol. The van der Waals surface area contributed by atoms with Crippen molar-refractivity contribution < 1.29 is 9.53 Å². The Hall–Kier alpha value is -3.14. The third-order valence-electron chi connectivity index (χ3n) is 2.90. The van der Waals surface area contributed by atoms with Crippen molar-refractivity contribution in [2.45, 2.75) is 0 Å². The van der Waals surface area contributed by atoms with Crippen molar-refractivity contribution in [3.63, 3.8) is 0 Å². The average Bonchev–Trinajstić information content (AvgIpc) is 2.60. The molecule has 0 atom stereocenters. The first kappa shape index (κ1) is 16.2. The second kappa shape index (κ2) is 9.00. The fourth-order valence-electron chi connectivity index (χ4n) is 1.85. The Bertz CT molecular complexity index is 706. The number of hydrogen-bond donors (Lipinski definition) is 1. The van der Waals surface area contributed by atoms with Crippen molar-refractivity contribution in [1.82, 2.24) is 5.43 Å². The van der Waals surface area contributed by atoms with Crippen molar-refractivity contribution >= 4 is 18.2 Å². The Morgan fingerprint density at radius 1 is 1.13 bits per heavy atom. The topological polar surface area (TPSA) is 50.7 Å². The van der Waals surface area contributed by atoms with Crippen LogP contribution < -0.4 is 10.2 Å². The van der Waals surface area contributed by atoms with Gasteiger partial charge in [-0.15, -0.1) is 0 Å². The Morgan fingerprint density at radius 2 is 1.87 bits per heavy atom. The SMILES string of the molecule is C=CCOc1ccccc1C(=O)N/N=C/C=C/c1ccccc1. The summed E-state index contributed by atoms with van der Waals surface area (Å²) in [4.78, 5) is 12.1. The van der Waals surface area contributed by atoms with Gasteiger partial charge in [0.2, 0.25) is 0 Å². The smallest absolute Gasteiger partial charge is 0.275 e. The molecule has 1 amide bonds. The number of benzene rings is 2. The normalized spacial score (nSPS) is 10.8. The van der Waals surface area contributed by atoms with Gasteiger partial charge in [-0.3, -0.25) is 4.79 Å². The molecule has 0 saturated heterocycles. The molecule has 0 aliphatic carbocycles. The largest absolute Gasteiger partial charge is 0.489 e. The lowest BCUT2D eigenvalue weighted by molar-refractivity contribution is 0.0951. The number of allylic oxidation sites excluding steroid dienone is 1. The molecular formula is C19H18N2O2. The predicted octanol–water partition coefficient (Wildman–Crippen LogP) is 3.68. The quantitative estimate of drug-likeness (QED) is 0.482. The maximum atomic E-state index is 12.1. The minimum atomic E-state index is -0.325. The van der Waals surface area contributed by atoms with Crippen molar-refractivity contribution in [3.05, 3.63) is 84.5 Å². The molecule has 116 valence electrons. The highest BCUT2D eigenvalue weighted by Crippen LogP contribution is 2.17. The van der Waals surface area contributed by atoms with Crippen LogP contribution in [0, 0.1) is 0 Å². The summed E-state index contributed by atoms with van der Waals surface area (Å²) in [5, 5.41) is 3.90. The van der Waals surface area contributed by atoms with Gasteiger partial charge in [0.1, 0.15) is 12.4 Å². The number of nitrogens with one attached hydrogen (secondary N) is 1. The van der Waals surface area contributed by atoms with Crippen LogP contribution in [0.2, 0.25) is 0 Å². The molecule has 0 aliphatic heterocycles. The number of carbonyl (C=O) groups is 1. The Morgan fingerprint density at radius 3 is 2.65 bits per heavy atom. The minimum absolute atomic E-state index is 0.325.